The fourth-order valence-corrected chi connectivity index (χ4v) is 3.27. The summed E-state index contributed by atoms with van der Waals surface area (Å²) in [7, 11) is 1.19. The van der Waals surface area contributed by atoms with Crippen molar-refractivity contribution in [3.05, 3.63) is 28.8 Å². The van der Waals surface area contributed by atoms with E-state index < -0.39 is 30.1 Å². The number of fused-ring (bicyclic) bond motifs is 1. The number of nitriles is 1. The maximum absolute atomic E-state index is 12.6. The summed E-state index contributed by atoms with van der Waals surface area (Å²) < 4.78 is 4.69. The molecule has 0 unspecified atom stereocenters. The summed E-state index contributed by atoms with van der Waals surface area (Å²) in [6.45, 7) is 1.84. The highest BCUT2D eigenvalue weighted by molar-refractivity contribution is 6.22. The molecule has 2 heterocycles. The molecular formula is C16H15N3O5. The van der Waals surface area contributed by atoms with Crippen LogP contribution in [0.3, 0.4) is 0 Å². The van der Waals surface area contributed by atoms with E-state index in [0.29, 0.717) is 18.5 Å². The molecule has 1 aromatic carbocycles. The van der Waals surface area contributed by atoms with Crippen LogP contribution in [0, 0.1) is 18.3 Å². The number of anilines is 1. The molecule has 8 heteroatoms. The van der Waals surface area contributed by atoms with E-state index >= 15 is 0 Å². The Bertz CT molecular complexity index is 798. The van der Waals surface area contributed by atoms with Crippen LogP contribution in [-0.2, 0) is 9.53 Å². The first-order chi connectivity index (χ1) is 11.4. The molecule has 24 heavy (non-hydrogen) atoms. The Morgan fingerprint density at radius 3 is 2.71 bits per heavy atom. The normalized spacial score (nSPS) is 22.6. The van der Waals surface area contributed by atoms with Gasteiger partial charge in [0, 0.05) is 6.54 Å². The molecule has 2 atom stereocenters. The Morgan fingerprint density at radius 1 is 1.42 bits per heavy atom. The number of hydrogen-bond donors (Lipinski definition) is 1. The van der Waals surface area contributed by atoms with Gasteiger partial charge >= 0.3 is 12.0 Å². The van der Waals surface area contributed by atoms with Crippen LogP contribution in [0.4, 0.5) is 10.5 Å². The number of carbonyl (C=O) groups excluding carboxylic acids is 3. The third kappa shape index (κ3) is 2.06. The average molecular weight is 329 g/mol. The summed E-state index contributed by atoms with van der Waals surface area (Å²) in [5.74, 6) is -1.25. The summed E-state index contributed by atoms with van der Waals surface area (Å²) in [6, 6.07) is 3.29. The summed E-state index contributed by atoms with van der Waals surface area (Å²) in [6.07, 6.45) is -0.541. The van der Waals surface area contributed by atoms with E-state index in [1.165, 1.54) is 24.1 Å². The molecule has 8 nitrogen and oxygen atoms in total. The highest BCUT2D eigenvalue weighted by atomic mass is 16.5. The number of aliphatic hydroxyl groups is 1. The van der Waals surface area contributed by atoms with E-state index in [9.17, 15) is 19.5 Å². The van der Waals surface area contributed by atoms with Crippen LogP contribution in [0.1, 0.15) is 27.9 Å². The van der Waals surface area contributed by atoms with Crippen LogP contribution in [0.15, 0.2) is 12.1 Å². The number of aliphatic hydroxyl groups excluding tert-OH is 1. The van der Waals surface area contributed by atoms with Crippen molar-refractivity contribution in [2.45, 2.75) is 25.5 Å². The number of imide groups is 1. The lowest BCUT2D eigenvalue weighted by Gasteiger charge is -2.19. The molecule has 0 radical (unpaired) electrons. The monoisotopic (exact) mass is 329 g/mol. The summed E-state index contributed by atoms with van der Waals surface area (Å²) in [5, 5.41) is 19.1. The van der Waals surface area contributed by atoms with Gasteiger partial charge in [0.25, 0.3) is 5.91 Å². The highest BCUT2D eigenvalue weighted by Gasteiger charge is 2.52. The molecule has 3 amide bonds. The van der Waals surface area contributed by atoms with Gasteiger partial charge in [-0.2, -0.15) is 5.26 Å². The Kier molecular flexibility index (Phi) is 3.73. The fraction of sp³-hybridized carbons (Fsp3) is 0.375. The zero-order valence-electron chi connectivity index (χ0n) is 13.1. The number of benzene rings is 1. The number of methoxy groups -OCH3 is 1. The van der Waals surface area contributed by atoms with Crippen molar-refractivity contribution in [2.75, 3.05) is 18.6 Å². The van der Waals surface area contributed by atoms with E-state index in [1.54, 1.807) is 6.92 Å². The summed E-state index contributed by atoms with van der Waals surface area (Å²) in [4.78, 5) is 39.4. The number of rotatable bonds is 2. The number of hydrogen-bond acceptors (Lipinski definition) is 6. The maximum atomic E-state index is 12.6. The topological polar surface area (TPSA) is 111 Å². The van der Waals surface area contributed by atoms with Crippen LogP contribution >= 0.6 is 0 Å². The average Bonchev–Trinajstić information content (AvgIpc) is 3.07. The fourth-order valence-electron chi connectivity index (χ4n) is 3.27. The molecule has 1 aromatic rings. The minimum atomic E-state index is -0.898. The second kappa shape index (κ2) is 5.62. The smallest absolute Gasteiger partial charge is 0.339 e. The lowest BCUT2D eigenvalue weighted by atomic mass is 10.00. The number of amides is 3. The maximum Gasteiger partial charge on any atom is 0.339 e. The zero-order valence-corrected chi connectivity index (χ0v) is 13.1. The SMILES string of the molecule is COC(=O)c1c(C#N)ccc(N2C(=O)[C@@H]3[C@H](O)CCN3C2=O)c1C. The highest BCUT2D eigenvalue weighted by Crippen LogP contribution is 2.35. The first-order valence-electron chi connectivity index (χ1n) is 7.37. The van der Waals surface area contributed by atoms with Crippen LogP contribution in [-0.4, -0.2) is 53.7 Å². The molecule has 0 spiro atoms. The lowest BCUT2D eigenvalue weighted by Crippen LogP contribution is -2.36. The molecular weight excluding hydrogens is 314 g/mol. The van der Waals surface area contributed by atoms with Gasteiger partial charge in [-0.05, 0) is 31.0 Å². The van der Waals surface area contributed by atoms with Gasteiger partial charge in [0.05, 0.1) is 30.0 Å². The molecule has 0 bridgehead atoms. The number of esters is 1. The molecule has 2 aliphatic rings. The number of ether oxygens (including phenoxy) is 1. The Morgan fingerprint density at radius 2 is 2.12 bits per heavy atom. The van der Waals surface area contributed by atoms with Crippen molar-refractivity contribution < 1.29 is 24.2 Å². The van der Waals surface area contributed by atoms with E-state index in [4.69, 9.17) is 10.00 Å². The van der Waals surface area contributed by atoms with Gasteiger partial charge in [0.2, 0.25) is 0 Å². The van der Waals surface area contributed by atoms with Gasteiger partial charge in [-0.15, -0.1) is 0 Å². The molecule has 0 aromatic heterocycles. The van der Waals surface area contributed by atoms with Crippen molar-refractivity contribution in [3.63, 3.8) is 0 Å². The third-order valence-corrected chi connectivity index (χ3v) is 4.46. The van der Waals surface area contributed by atoms with Gasteiger partial charge in [0.15, 0.2) is 0 Å². The van der Waals surface area contributed by atoms with Crippen LogP contribution < -0.4 is 4.90 Å². The number of urea groups is 1. The lowest BCUT2D eigenvalue weighted by molar-refractivity contribution is -0.121. The van der Waals surface area contributed by atoms with E-state index in [0.717, 1.165) is 4.90 Å². The molecule has 2 fully saturated rings. The van der Waals surface area contributed by atoms with E-state index in [2.05, 4.69) is 0 Å². The molecule has 3 rings (SSSR count). The van der Waals surface area contributed by atoms with Gasteiger partial charge in [0.1, 0.15) is 12.1 Å². The Balaban J connectivity index is 2.11. The van der Waals surface area contributed by atoms with Crippen molar-refractivity contribution in [3.8, 4) is 6.07 Å². The molecule has 0 aliphatic carbocycles. The van der Waals surface area contributed by atoms with Crippen molar-refractivity contribution in [1.29, 1.82) is 5.26 Å². The van der Waals surface area contributed by atoms with Gasteiger partial charge in [-0.3, -0.25) is 4.79 Å². The summed E-state index contributed by atoms with van der Waals surface area (Å²) in [5.41, 5.74) is 0.637. The quantitative estimate of drug-likeness (QED) is 0.627. The molecule has 2 saturated heterocycles. The number of nitrogens with zero attached hydrogens (tertiary/aromatic N) is 3. The first kappa shape index (κ1) is 16.0. The van der Waals surface area contributed by atoms with Gasteiger partial charge in [-0.1, -0.05) is 0 Å². The second-order valence-electron chi connectivity index (χ2n) is 5.69. The van der Waals surface area contributed by atoms with E-state index in [-0.39, 0.29) is 16.8 Å². The van der Waals surface area contributed by atoms with Crippen molar-refractivity contribution in [2.24, 2.45) is 0 Å². The van der Waals surface area contributed by atoms with Gasteiger partial charge < -0.3 is 14.7 Å². The molecule has 1 N–H and O–H groups in total. The molecule has 0 saturated carbocycles. The van der Waals surface area contributed by atoms with Crippen molar-refractivity contribution in [1.82, 2.24) is 4.90 Å². The van der Waals surface area contributed by atoms with Crippen molar-refractivity contribution >= 4 is 23.6 Å². The second-order valence-corrected chi connectivity index (χ2v) is 5.69. The standard InChI is InChI=1S/C16H15N3O5/c1-8-10(4-3-9(7-17)12(8)15(22)24-2)19-14(21)13-11(20)5-6-18(13)16(19)23/h3-4,11,13,20H,5-6H2,1-2H3/t11-,13+/m1/s1. The summed E-state index contributed by atoms with van der Waals surface area (Å²) >= 11 is 0. The first-order valence-corrected chi connectivity index (χ1v) is 7.37. The van der Waals surface area contributed by atoms with Gasteiger partial charge in [-0.25, -0.2) is 14.5 Å². The minimum Gasteiger partial charge on any atom is -0.465 e. The predicted molar refractivity (Wildman–Crippen MR) is 81.2 cm³/mol. The minimum absolute atomic E-state index is 0.0192. The molecule has 2 aliphatic heterocycles. The van der Waals surface area contributed by atoms with Crippen LogP contribution in [0.2, 0.25) is 0 Å². The Labute approximate surface area is 137 Å². The van der Waals surface area contributed by atoms with Crippen LogP contribution in [0.5, 0.6) is 0 Å². The zero-order chi connectivity index (χ0) is 17.6. The number of carbonyl (C=O) groups is 3. The third-order valence-electron chi connectivity index (χ3n) is 4.46. The van der Waals surface area contributed by atoms with E-state index in [1.807, 2.05) is 6.07 Å². The predicted octanol–water partition coefficient (Wildman–Crippen LogP) is 0.555. The Hall–Kier alpha value is -2.92. The van der Waals surface area contributed by atoms with Crippen LogP contribution in [0.25, 0.3) is 0 Å². The largest absolute Gasteiger partial charge is 0.465 e. The molecule has 124 valence electrons.